The number of hydrogen-bond acceptors (Lipinski definition) is 0. The normalized spacial score (nSPS) is 47.5. The number of hydrogen-bond donors (Lipinski definition) is 0. The van der Waals surface area contributed by atoms with Gasteiger partial charge in [-0.2, -0.15) is 0 Å². The molecule has 76 valence electrons. The van der Waals surface area contributed by atoms with E-state index >= 15 is 0 Å². The van der Waals surface area contributed by atoms with Crippen molar-refractivity contribution in [2.24, 2.45) is 35.0 Å². The lowest BCUT2D eigenvalue weighted by Crippen LogP contribution is -2.55. The van der Waals surface area contributed by atoms with Gasteiger partial charge in [-0.3, -0.25) is 0 Å². The molecule has 0 aromatic carbocycles. The van der Waals surface area contributed by atoms with Crippen LogP contribution in [0.1, 0.15) is 47.5 Å². The molecule has 0 aliphatic heterocycles. The molecule has 0 heterocycles. The van der Waals surface area contributed by atoms with Crippen LogP contribution in [0.5, 0.6) is 0 Å². The van der Waals surface area contributed by atoms with Gasteiger partial charge in [0.15, 0.2) is 0 Å². The zero-order valence-corrected chi connectivity index (χ0v) is 9.80. The van der Waals surface area contributed by atoms with Crippen molar-refractivity contribution in [1.29, 1.82) is 0 Å². The smallest absolute Gasteiger partial charge is 0.0295 e. The van der Waals surface area contributed by atoms with Crippen LogP contribution < -0.4 is 0 Å². The van der Waals surface area contributed by atoms with Crippen LogP contribution in [0.15, 0.2) is 0 Å². The average Bonchev–Trinajstić information content (AvgIpc) is 2.02. The van der Waals surface area contributed by atoms with Crippen LogP contribution in [0.25, 0.3) is 0 Å². The maximum absolute atomic E-state index is 2.49. The third-order valence-corrected chi connectivity index (χ3v) is 5.27. The molecular formula is C13H24. The predicted octanol–water partition coefficient (Wildman–Crippen LogP) is 3.96. The molecule has 0 aromatic heterocycles. The molecule has 0 N–H and O–H groups in total. The molecule has 4 atom stereocenters. The molecule has 3 saturated carbocycles. The van der Waals surface area contributed by atoms with Gasteiger partial charge in [-0.1, -0.05) is 34.6 Å². The SMILES string of the molecule is CC(C)C1C[C@H]2C[C@@H]([C@H]1C)C2(C)C. The van der Waals surface area contributed by atoms with Crippen LogP contribution in [-0.4, -0.2) is 0 Å². The highest BCUT2D eigenvalue weighted by molar-refractivity contribution is 5.05. The first-order valence-electron chi connectivity index (χ1n) is 5.94. The van der Waals surface area contributed by atoms with Crippen LogP contribution in [0.2, 0.25) is 0 Å². The summed E-state index contributed by atoms with van der Waals surface area (Å²) in [5, 5.41) is 0. The van der Waals surface area contributed by atoms with Crippen LogP contribution >= 0.6 is 0 Å². The van der Waals surface area contributed by atoms with E-state index < -0.39 is 0 Å². The van der Waals surface area contributed by atoms with Crippen LogP contribution in [0.3, 0.4) is 0 Å². The van der Waals surface area contributed by atoms with Gasteiger partial charge in [0.05, 0.1) is 0 Å². The third kappa shape index (κ3) is 1.17. The molecular weight excluding hydrogens is 156 g/mol. The minimum Gasteiger partial charge on any atom is -0.0625 e. The lowest BCUT2D eigenvalue weighted by Gasteiger charge is -2.63. The fourth-order valence-electron chi connectivity index (χ4n) is 4.07. The number of rotatable bonds is 1. The molecule has 0 amide bonds. The van der Waals surface area contributed by atoms with Crippen molar-refractivity contribution in [3.05, 3.63) is 0 Å². The molecule has 0 heteroatoms. The first kappa shape index (κ1) is 9.55. The predicted molar refractivity (Wildman–Crippen MR) is 57.5 cm³/mol. The van der Waals surface area contributed by atoms with Gasteiger partial charge in [0.25, 0.3) is 0 Å². The molecule has 0 spiro atoms. The molecule has 1 unspecified atom stereocenters. The summed E-state index contributed by atoms with van der Waals surface area (Å²) < 4.78 is 0. The second-order valence-electron chi connectivity index (χ2n) is 6.36. The van der Waals surface area contributed by atoms with E-state index in [1.54, 1.807) is 0 Å². The van der Waals surface area contributed by atoms with Gasteiger partial charge in [-0.25, -0.2) is 0 Å². The van der Waals surface area contributed by atoms with Crippen molar-refractivity contribution in [3.63, 3.8) is 0 Å². The van der Waals surface area contributed by atoms with Gasteiger partial charge >= 0.3 is 0 Å². The first-order valence-corrected chi connectivity index (χ1v) is 5.94. The Labute approximate surface area is 83.1 Å². The first-order chi connectivity index (χ1) is 5.94. The third-order valence-electron chi connectivity index (χ3n) is 5.27. The van der Waals surface area contributed by atoms with Crippen LogP contribution in [0.4, 0.5) is 0 Å². The molecule has 0 nitrogen and oxygen atoms in total. The van der Waals surface area contributed by atoms with Gasteiger partial charge in [0.2, 0.25) is 0 Å². The minimum absolute atomic E-state index is 0.671. The molecule has 0 saturated heterocycles. The monoisotopic (exact) mass is 180 g/mol. The van der Waals surface area contributed by atoms with Gasteiger partial charge < -0.3 is 0 Å². The van der Waals surface area contributed by atoms with Gasteiger partial charge in [0, 0.05) is 0 Å². The van der Waals surface area contributed by atoms with E-state index in [0.717, 1.165) is 29.6 Å². The van der Waals surface area contributed by atoms with Crippen molar-refractivity contribution in [1.82, 2.24) is 0 Å². The van der Waals surface area contributed by atoms with E-state index in [0.29, 0.717) is 5.41 Å². The van der Waals surface area contributed by atoms with Crippen molar-refractivity contribution in [2.75, 3.05) is 0 Å². The fourth-order valence-corrected chi connectivity index (χ4v) is 4.07. The summed E-state index contributed by atoms with van der Waals surface area (Å²) in [7, 11) is 0. The van der Waals surface area contributed by atoms with Gasteiger partial charge in [-0.05, 0) is 47.8 Å². The highest BCUT2D eigenvalue weighted by Crippen LogP contribution is 2.63. The fraction of sp³-hybridized carbons (Fsp3) is 1.00. The summed E-state index contributed by atoms with van der Waals surface area (Å²) in [6.45, 7) is 12.3. The summed E-state index contributed by atoms with van der Waals surface area (Å²) in [5.74, 6) is 4.95. The highest BCUT2D eigenvalue weighted by Gasteiger charge is 2.56. The van der Waals surface area contributed by atoms with Crippen molar-refractivity contribution in [3.8, 4) is 0 Å². The molecule has 3 aliphatic rings. The Morgan fingerprint density at radius 1 is 1.15 bits per heavy atom. The molecule has 2 bridgehead atoms. The molecule has 13 heavy (non-hydrogen) atoms. The minimum atomic E-state index is 0.671. The topological polar surface area (TPSA) is 0 Å². The average molecular weight is 180 g/mol. The Hall–Kier alpha value is 0. The number of fused-ring (bicyclic) bond motifs is 2. The Bertz CT molecular complexity index is 200. The molecule has 3 fully saturated rings. The lowest BCUT2D eigenvalue weighted by molar-refractivity contribution is -0.137. The summed E-state index contributed by atoms with van der Waals surface area (Å²) in [6, 6.07) is 0. The van der Waals surface area contributed by atoms with E-state index in [1.807, 2.05) is 0 Å². The maximum atomic E-state index is 2.49. The van der Waals surface area contributed by atoms with Gasteiger partial charge in [0.1, 0.15) is 0 Å². The summed E-state index contributed by atoms with van der Waals surface area (Å²) in [6.07, 6.45) is 3.03. The second kappa shape index (κ2) is 2.74. The molecule has 3 aliphatic carbocycles. The summed E-state index contributed by atoms with van der Waals surface area (Å²) in [4.78, 5) is 0. The van der Waals surface area contributed by atoms with E-state index in [1.165, 1.54) is 12.8 Å². The quantitative estimate of drug-likeness (QED) is 0.573. The Balaban J connectivity index is 2.12. The van der Waals surface area contributed by atoms with Crippen molar-refractivity contribution < 1.29 is 0 Å². The lowest BCUT2D eigenvalue weighted by atomic mass is 9.42. The van der Waals surface area contributed by atoms with Gasteiger partial charge in [-0.15, -0.1) is 0 Å². The Kier molecular flexibility index (Phi) is 2.02. The second-order valence-corrected chi connectivity index (χ2v) is 6.36. The highest BCUT2D eigenvalue weighted by atomic mass is 14.6. The Morgan fingerprint density at radius 3 is 2.15 bits per heavy atom. The zero-order valence-electron chi connectivity index (χ0n) is 9.80. The van der Waals surface area contributed by atoms with Crippen molar-refractivity contribution >= 4 is 0 Å². The summed E-state index contributed by atoms with van der Waals surface area (Å²) >= 11 is 0. The van der Waals surface area contributed by atoms with E-state index in [2.05, 4.69) is 34.6 Å². The van der Waals surface area contributed by atoms with Crippen LogP contribution in [0, 0.1) is 35.0 Å². The van der Waals surface area contributed by atoms with Crippen molar-refractivity contribution in [2.45, 2.75) is 47.5 Å². The summed E-state index contributed by atoms with van der Waals surface area (Å²) in [5.41, 5.74) is 0.671. The molecule has 3 rings (SSSR count). The zero-order chi connectivity index (χ0) is 9.80. The Morgan fingerprint density at radius 2 is 1.77 bits per heavy atom. The standard InChI is InChI=1S/C13H24/c1-8(2)11-6-10-7-12(9(11)3)13(10,4)5/h8-12H,6-7H2,1-5H3/t9-,10-,11?,12-/m0/s1. The van der Waals surface area contributed by atoms with E-state index in [-0.39, 0.29) is 0 Å². The molecule has 0 radical (unpaired) electrons. The van der Waals surface area contributed by atoms with Crippen LogP contribution in [-0.2, 0) is 0 Å². The molecule has 0 aromatic rings. The van der Waals surface area contributed by atoms with E-state index in [9.17, 15) is 0 Å². The largest absolute Gasteiger partial charge is 0.0625 e. The maximum Gasteiger partial charge on any atom is -0.0295 e. The van der Waals surface area contributed by atoms with E-state index in [4.69, 9.17) is 0 Å².